The Balaban J connectivity index is 2.27. The van der Waals surface area contributed by atoms with Crippen molar-refractivity contribution in [3.05, 3.63) is 17.0 Å². The number of unbranched alkanes of at least 4 members (excludes halogenated alkanes) is 5. The number of thiophene rings is 1. The van der Waals surface area contributed by atoms with Crippen molar-refractivity contribution in [2.45, 2.75) is 56.2 Å². The molecule has 0 aliphatic rings. The standard InChI is InChI=1S/C13H24N2O2S2/c1-2-3-4-5-6-7-8-15-19(16,17)13-9-12(10-14)11-18-13/h9,11,15H,2-8,10,14H2,1H3. The van der Waals surface area contributed by atoms with Gasteiger partial charge in [0, 0.05) is 13.1 Å². The van der Waals surface area contributed by atoms with E-state index in [1.807, 2.05) is 0 Å². The maximum atomic E-state index is 12.0. The zero-order chi connectivity index (χ0) is 14.1. The first-order valence-electron chi connectivity index (χ1n) is 6.87. The van der Waals surface area contributed by atoms with Crippen molar-refractivity contribution >= 4 is 21.4 Å². The molecule has 19 heavy (non-hydrogen) atoms. The monoisotopic (exact) mass is 304 g/mol. The molecule has 0 bridgehead atoms. The summed E-state index contributed by atoms with van der Waals surface area (Å²) in [7, 11) is -3.33. The molecular weight excluding hydrogens is 280 g/mol. The van der Waals surface area contributed by atoms with Gasteiger partial charge in [-0.25, -0.2) is 13.1 Å². The summed E-state index contributed by atoms with van der Waals surface area (Å²) in [6.07, 6.45) is 6.91. The second-order valence-electron chi connectivity index (χ2n) is 4.64. The number of nitrogens with two attached hydrogens (primary N) is 1. The van der Waals surface area contributed by atoms with Crippen LogP contribution < -0.4 is 10.5 Å². The zero-order valence-corrected chi connectivity index (χ0v) is 13.2. The second-order valence-corrected chi connectivity index (χ2v) is 7.55. The van der Waals surface area contributed by atoms with Crippen LogP contribution in [0.1, 0.15) is 51.0 Å². The van der Waals surface area contributed by atoms with Crippen molar-refractivity contribution in [3.63, 3.8) is 0 Å². The quantitative estimate of drug-likeness (QED) is 0.653. The van der Waals surface area contributed by atoms with Gasteiger partial charge in [-0.1, -0.05) is 39.0 Å². The van der Waals surface area contributed by atoms with E-state index in [1.54, 1.807) is 11.4 Å². The molecule has 3 N–H and O–H groups in total. The van der Waals surface area contributed by atoms with E-state index in [0.717, 1.165) is 18.4 Å². The number of rotatable bonds is 10. The minimum absolute atomic E-state index is 0.360. The fourth-order valence-corrected chi connectivity index (χ4v) is 4.13. The molecule has 110 valence electrons. The van der Waals surface area contributed by atoms with E-state index >= 15 is 0 Å². The van der Waals surface area contributed by atoms with Crippen LogP contribution in [0, 0.1) is 0 Å². The highest BCUT2D eigenvalue weighted by atomic mass is 32.2. The van der Waals surface area contributed by atoms with Crippen LogP contribution in [0.5, 0.6) is 0 Å². The predicted molar refractivity (Wildman–Crippen MR) is 80.8 cm³/mol. The van der Waals surface area contributed by atoms with Gasteiger partial charge in [0.05, 0.1) is 0 Å². The Kier molecular flexibility index (Phi) is 7.60. The van der Waals surface area contributed by atoms with Gasteiger partial charge in [0.15, 0.2) is 0 Å². The minimum atomic E-state index is -3.33. The lowest BCUT2D eigenvalue weighted by Gasteiger charge is -2.04. The van der Waals surface area contributed by atoms with E-state index in [0.29, 0.717) is 17.3 Å². The van der Waals surface area contributed by atoms with Crippen LogP contribution in [0.3, 0.4) is 0 Å². The summed E-state index contributed by atoms with van der Waals surface area (Å²) in [4.78, 5) is 0. The molecule has 4 nitrogen and oxygen atoms in total. The lowest BCUT2D eigenvalue weighted by Crippen LogP contribution is -2.24. The van der Waals surface area contributed by atoms with Gasteiger partial charge in [0.1, 0.15) is 4.21 Å². The lowest BCUT2D eigenvalue weighted by atomic mass is 10.1. The fraction of sp³-hybridized carbons (Fsp3) is 0.692. The van der Waals surface area contributed by atoms with E-state index in [1.165, 1.54) is 37.0 Å². The van der Waals surface area contributed by atoms with Crippen molar-refractivity contribution < 1.29 is 8.42 Å². The number of hydrogen-bond acceptors (Lipinski definition) is 4. The molecule has 0 radical (unpaired) electrons. The van der Waals surface area contributed by atoms with Crippen LogP contribution in [0.15, 0.2) is 15.7 Å². The first-order valence-corrected chi connectivity index (χ1v) is 9.23. The molecule has 0 aliphatic heterocycles. The summed E-state index contributed by atoms with van der Waals surface area (Å²) in [5.74, 6) is 0. The zero-order valence-electron chi connectivity index (χ0n) is 11.5. The molecule has 0 saturated heterocycles. The smallest absolute Gasteiger partial charge is 0.250 e. The summed E-state index contributed by atoms with van der Waals surface area (Å²) in [6.45, 7) is 3.08. The maximum Gasteiger partial charge on any atom is 0.250 e. The van der Waals surface area contributed by atoms with Gasteiger partial charge < -0.3 is 5.73 Å². The molecule has 0 aliphatic carbocycles. The number of nitrogens with one attached hydrogen (secondary N) is 1. The average Bonchev–Trinajstić information content (AvgIpc) is 2.87. The molecule has 1 heterocycles. The first-order chi connectivity index (χ1) is 9.10. The van der Waals surface area contributed by atoms with Crippen LogP contribution in [0.2, 0.25) is 0 Å². The molecule has 0 atom stereocenters. The third-order valence-electron chi connectivity index (χ3n) is 2.95. The lowest BCUT2D eigenvalue weighted by molar-refractivity contribution is 0.569. The molecule has 6 heteroatoms. The second kappa shape index (κ2) is 8.68. The van der Waals surface area contributed by atoms with Gasteiger partial charge in [-0.05, 0) is 23.4 Å². The number of sulfonamides is 1. The van der Waals surface area contributed by atoms with E-state index in [9.17, 15) is 8.42 Å². The van der Waals surface area contributed by atoms with Gasteiger partial charge in [-0.2, -0.15) is 0 Å². The Hall–Kier alpha value is -0.430. The highest BCUT2D eigenvalue weighted by Crippen LogP contribution is 2.19. The molecule has 0 fully saturated rings. The molecule has 0 saturated carbocycles. The summed E-state index contributed by atoms with van der Waals surface area (Å²) >= 11 is 1.23. The highest BCUT2D eigenvalue weighted by molar-refractivity contribution is 7.91. The van der Waals surface area contributed by atoms with Crippen molar-refractivity contribution in [2.24, 2.45) is 5.73 Å². The molecule has 0 spiro atoms. The summed E-state index contributed by atoms with van der Waals surface area (Å²) < 4.78 is 26.9. The topological polar surface area (TPSA) is 72.2 Å². The SMILES string of the molecule is CCCCCCCCNS(=O)(=O)c1cc(CN)cs1. The van der Waals surface area contributed by atoms with Crippen molar-refractivity contribution in [1.29, 1.82) is 0 Å². The third-order valence-corrected chi connectivity index (χ3v) is 5.90. The molecule has 1 rings (SSSR count). The van der Waals surface area contributed by atoms with Gasteiger partial charge >= 0.3 is 0 Å². The van der Waals surface area contributed by atoms with Gasteiger partial charge in [0.2, 0.25) is 10.0 Å². The van der Waals surface area contributed by atoms with Crippen LogP contribution in [0.25, 0.3) is 0 Å². The Morgan fingerprint density at radius 1 is 1.21 bits per heavy atom. The predicted octanol–water partition coefficient (Wildman–Crippen LogP) is 2.85. The summed E-state index contributed by atoms with van der Waals surface area (Å²) in [5.41, 5.74) is 6.34. The Morgan fingerprint density at radius 3 is 2.53 bits per heavy atom. The minimum Gasteiger partial charge on any atom is -0.326 e. The van der Waals surface area contributed by atoms with E-state index in [4.69, 9.17) is 5.73 Å². The molecule has 1 aromatic rings. The largest absolute Gasteiger partial charge is 0.326 e. The maximum absolute atomic E-state index is 12.0. The summed E-state index contributed by atoms with van der Waals surface area (Å²) in [5, 5.41) is 1.79. The molecular formula is C13H24N2O2S2. The van der Waals surface area contributed by atoms with E-state index < -0.39 is 10.0 Å². The molecule has 0 unspecified atom stereocenters. The summed E-state index contributed by atoms with van der Waals surface area (Å²) in [6, 6.07) is 1.65. The van der Waals surface area contributed by atoms with E-state index in [2.05, 4.69) is 11.6 Å². The third kappa shape index (κ3) is 6.03. The first kappa shape index (κ1) is 16.6. The van der Waals surface area contributed by atoms with Gasteiger partial charge in [-0.3, -0.25) is 0 Å². The Labute approximate surface area is 120 Å². The average molecular weight is 304 g/mol. The fourth-order valence-electron chi connectivity index (χ4n) is 1.78. The van der Waals surface area contributed by atoms with Crippen molar-refractivity contribution in [2.75, 3.05) is 6.54 Å². The van der Waals surface area contributed by atoms with Crippen LogP contribution in [0.4, 0.5) is 0 Å². The van der Waals surface area contributed by atoms with Crippen LogP contribution in [-0.4, -0.2) is 15.0 Å². The van der Waals surface area contributed by atoms with E-state index in [-0.39, 0.29) is 0 Å². The van der Waals surface area contributed by atoms with Gasteiger partial charge in [-0.15, -0.1) is 11.3 Å². The van der Waals surface area contributed by atoms with Gasteiger partial charge in [0.25, 0.3) is 0 Å². The molecule has 0 amide bonds. The number of hydrogen-bond donors (Lipinski definition) is 2. The highest BCUT2D eigenvalue weighted by Gasteiger charge is 2.15. The Bertz CT molecular complexity index is 455. The molecule has 1 aromatic heterocycles. The van der Waals surface area contributed by atoms with Crippen LogP contribution >= 0.6 is 11.3 Å². The molecule has 0 aromatic carbocycles. The Morgan fingerprint density at radius 2 is 1.89 bits per heavy atom. The van der Waals surface area contributed by atoms with Crippen molar-refractivity contribution in [1.82, 2.24) is 4.72 Å². The normalized spacial score (nSPS) is 11.9. The van der Waals surface area contributed by atoms with Crippen molar-refractivity contribution in [3.8, 4) is 0 Å². The van der Waals surface area contributed by atoms with Crippen LogP contribution in [-0.2, 0) is 16.6 Å².